The summed E-state index contributed by atoms with van der Waals surface area (Å²) < 4.78 is 0. The normalized spacial score (nSPS) is 14.4. The van der Waals surface area contributed by atoms with Crippen molar-refractivity contribution in [1.29, 1.82) is 0 Å². The number of hydrogen-bond acceptors (Lipinski definition) is 3. The van der Waals surface area contributed by atoms with Crippen molar-refractivity contribution in [2.75, 3.05) is 6.54 Å². The third-order valence-electron chi connectivity index (χ3n) is 4.36. The minimum Gasteiger partial charge on any atom is -0.312 e. The fourth-order valence-electron chi connectivity index (χ4n) is 3.23. The van der Waals surface area contributed by atoms with E-state index in [0.717, 1.165) is 36.1 Å². The van der Waals surface area contributed by atoms with Crippen LogP contribution in [0.25, 0.3) is 22.2 Å². The van der Waals surface area contributed by atoms with Crippen molar-refractivity contribution in [3.63, 3.8) is 0 Å². The number of pyridine rings is 1. The van der Waals surface area contributed by atoms with Gasteiger partial charge in [-0.3, -0.25) is 10.1 Å². The lowest BCUT2D eigenvalue weighted by atomic mass is 9.96. The molecule has 0 amide bonds. The van der Waals surface area contributed by atoms with Crippen LogP contribution in [0.4, 0.5) is 0 Å². The lowest BCUT2D eigenvalue weighted by Crippen LogP contribution is -2.25. The number of rotatable bonds is 1. The van der Waals surface area contributed by atoms with Crippen LogP contribution >= 0.6 is 0 Å². The van der Waals surface area contributed by atoms with Gasteiger partial charge in [-0.1, -0.05) is 6.07 Å². The predicted molar refractivity (Wildman–Crippen MR) is 84.2 cm³/mol. The summed E-state index contributed by atoms with van der Waals surface area (Å²) in [5.74, 6) is 0. The van der Waals surface area contributed by atoms with Crippen LogP contribution in [0.1, 0.15) is 22.4 Å². The molecule has 0 atom stereocenters. The van der Waals surface area contributed by atoms with Gasteiger partial charge >= 0.3 is 0 Å². The Morgan fingerprint density at radius 2 is 2.05 bits per heavy atom. The average molecular weight is 278 g/mol. The number of hydrogen-bond donors (Lipinski definition) is 2. The van der Waals surface area contributed by atoms with Gasteiger partial charge in [-0.15, -0.1) is 0 Å². The molecule has 0 unspecified atom stereocenters. The lowest BCUT2D eigenvalue weighted by molar-refractivity contribution is 0.627. The summed E-state index contributed by atoms with van der Waals surface area (Å²) in [5.41, 5.74) is 8.50. The third kappa shape index (κ3) is 1.94. The first kappa shape index (κ1) is 12.5. The number of nitrogens with one attached hydrogen (secondary N) is 2. The fourth-order valence-corrected chi connectivity index (χ4v) is 3.23. The van der Waals surface area contributed by atoms with Crippen molar-refractivity contribution in [2.24, 2.45) is 0 Å². The van der Waals surface area contributed by atoms with Gasteiger partial charge in [0.1, 0.15) is 0 Å². The van der Waals surface area contributed by atoms with Crippen LogP contribution in [0, 0.1) is 13.8 Å². The van der Waals surface area contributed by atoms with Gasteiger partial charge in [0.25, 0.3) is 0 Å². The van der Waals surface area contributed by atoms with Gasteiger partial charge < -0.3 is 5.32 Å². The highest BCUT2D eigenvalue weighted by molar-refractivity contribution is 5.95. The monoisotopic (exact) mass is 278 g/mol. The van der Waals surface area contributed by atoms with Crippen molar-refractivity contribution in [1.82, 2.24) is 20.5 Å². The van der Waals surface area contributed by atoms with Gasteiger partial charge in [0.2, 0.25) is 0 Å². The zero-order valence-corrected chi connectivity index (χ0v) is 12.3. The van der Waals surface area contributed by atoms with E-state index in [9.17, 15) is 0 Å². The molecule has 0 bridgehead atoms. The second-order valence-electron chi connectivity index (χ2n) is 5.77. The Hall–Kier alpha value is -2.20. The van der Waals surface area contributed by atoms with Crippen LogP contribution in [-0.4, -0.2) is 21.7 Å². The summed E-state index contributed by atoms with van der Waals surface area (Å²) in [4.78, 5) is 4.95. The molecule has 0 radical (unpaired) electrons. The molecular formula is C17H18N4. The summed E-state index contributed by atoms with van der Waals surface area (Å²) >= 11 is 0. The fraction of sp³-hybridized carbons (Fsp3) is 0.294. The molecule has 0 fully saturated rings. The summed E-state index contributed by atoms with van der Waals surface area (Å²) in [6, 6.07) is 6.42. The quantitative estimate of drug-likeness (QED) is 0.719. The maximum absolute atomic E-state index is 4.95. The molecule has 0 spiro atoms. The van der Waals surface area contributed by atoms with E-state index in [0.29, 0.717) is 0 Å². The van der Waals surface area contributed by atoms with E-state index in [1.807, 2.05) is 6.20 Å². The second-order valence-corrected chi connectivity index (χ2v) is 5.77. The molecule has 0 aliphatic carbocycles. The molecule has 0 saturated carbocycles. The number of nitrogens with zero attached hydrogens (tertiary/aromatic N) is 2. The van der Waals surface area contributed by atoms with E-state index in [1.165, 1.54) is 27.9 Å². The maximum atomic E-state index is 4.95. The van der Waals surface area contributed by atoms with Crippen LogP contribution in [-0.2, 0) is 13.0 Å². The number of aromatic amines is 1. The van der Waals surface area contributed by atoms with Gasteiger partial charge in [0, 0.05) is 36.2 Å². The highest BCUT2D eigenvalue weighted by atomic mass is 15.1. The SMILES string of the molecule is Cc1cc(-c2c(C)ccc3[nH]ncc23)nc2c1CNCC2. The van der Waals surface area contributed by atoms with E-state index in [-0.39, 0.29) is 0 Å². The average Bonchev–Trinajstić information content (AvgIpc) is 2.95. The Labute approximate surface area is 123 Å². The van der Waals surface area contributed by atoms with Crippen LogP contribution < -0.4 is 5.32 Å². The van der Waals surface area contributed by atoms with E-state index in [2.05, 4.69) is 47.6 Å². The zero-order chi connectivity index (χ0) is 14.4. The first-order valence-corrected chi connectivity index (χ1v) is 7.37. The van der Waals surface area contributed by atoms with E-state index in [1.54, 1.807) is 0 Å². The van der Waals surface area contributed by atoms with Crippen molar-refractivity contribution in [3.05, 3.63) is 46.8 Å². The molecule has 4 rings (SSSR count). The number of aromatic nitrogens is 3. The van der Waals surface area contributed by atoms with Crippen LogP contribution in [0.15, 0.2) is 24.4 Å². The Bertz CT molecular complexity index is 832. The first-order chi connectivity index (χ1) is 10.2. The molecular weight excluding hydrogens is 260 g/mol. The van der Waals surface area contributed by atoms with Crippen LogP contribution in [0.5, 0.6) is 0 Å². The van der Waals surface area contributed by atoms with Crippen LogP contribution in [0.3, 0.4) is 0 Å². The molecule has 21 heavy (non-hydrogen) atoms. The third-order valence-corrected chi connectivity index (χ3v) is 4.36. The number of aryl methyl sites for hydroxylation is 2. The van der Waals surface area contributed by atoms with Crippen molar-refractivity contribution in [3.8, 4) is 11.3 Å². The summed E-state index contributed by atoms with van der Waals surface area (Å²) in [7, 11) is 0. The molecule has 4 heteroatoms. The number of benzene rings is 1. The summed E-state index contributed by atoms with van der Waals surface area (Å²) in [5, 5.41) is 11.8. The predicted octanol–water partition coefficient (Wildman–Crippen LogP) is 2.89. The minimum atomic E-state index is 0.934. The summed E-state index contributed by atoms with van der Waals surface area (Å²) in [6.07, 6.45) is 2.90. The minimum absolute atomic E-state index is 0.934. The molecule has 3 aromatic rings. The molecule has 1 aromatic carbocycles. The second kappa shape index (κ2) is 4.67. The van der Waals surface area contributed by atoms with E-state index >= 15 is 0 Å². The molecule has 106 valence electrons. The van der Waals surface area contributed by atoms with E-state index < -0.39 is 0 Å². The molecule has 4 nitrogen and oxygen atoms in total. The Balaban J connectivity index is 1.99. The van der Waals surface area contributed by atoms with Crippen molar-refractivity contribution >= 4 is 10.9 Å². The van der Waals surface area contributed by atoms with Gasteiger partial charge in [0.15, 0.2) is 0 Å². The number of H-pyrrole nitrogens is 1. The van der Waals surface area contributed by atoms with E-state index in [4.69, 9.17) is 4.98 Å². The highest BCUT2D eigenvalue weighted by Crippen LogP contribution is 2.32. The molecule has 3 heterocycles. The lowest BCUT2D eigenvalue weighted by Gasteiger charge is -2.20. The van der Waals surface area contributed by atoms with Gasteiger partial charge in [-0.2, -0.15) is 5.10 Å². The molecule has 2 N–H and O–H groups in total. The maximum Gasteiger partial charge on any atom is 0.0718 e. The largest absolute Gasteiger partial charge is 0.312 e. The van der Waals surface area contributed by atoms with Gasteiger partial charge in [-0.25, -0.2) is 0 Å². The number of fused-ring (bicyclic) bond motifs is 2. The molecule has 0 saturated heterocycles. The van der Waals surface area contributed by atoms with Crippen molar-refractivity contribution < 1.29 is 0 Å². The topological polar surface area (TPSA) is 53.6 Å². The Morgan fingerprint density at radius 3 is 2.95 bits per heavy atom. The smallest absolute Gasteiger partial charge is 0.0718 e. The van der Waals surface area contributed by atoms with Gasteiger partial charge in [0.05, 0.1) is 17.4 Å². The first-order valence-electron chi connectivity index (χ1n) is 7.37. The Morgan fingerprint density at radius 1 is 1.14 bits per heavy atom. The molecule has 1 aliphatic rings. The van der Waals surface area contributed by atoms with Gasteiger partial charge in [-0.05, 0) is 42.7 Å². The Kier molecular flexibility index (Phi) is 2.79. The highest BCUT2D eigenvalue weighted by Gasteiger charge is 2.17. The molecule has 1 aliphatic heterocycles. The zero-order valence-electron chi connectivity index (χ0n) is 12.3. The van der Waals surface area contributed by atoms with Crippen LogP contribution in [0.2, 0.25) is 0 Å². The molecule has 2 aromatic heterocycles. The standard InChI is InChI=1S/C17H18N4/c1-10-3-4-15-13(9-19-21-15)17(10)16-7-11(2)12-8-18-6-5-14(12)20-16/h3-4,7,9,18H,5-6,8H2,1-2H3,(H,19,21). The van der Waals surface area contributed by atoms with Crippen molar-refractivity contribution in [2.45, 2.75) is 26.8 Å². The summed E-state index contributed by atoms with van der Waals surface area (Å²) in [6.45, 7) is 6.27.